The smallest absolute Gasteiger partial charge is 0.0241 e. The molecule has 0 saturated carbocycles. The van der Waals surface area contributed by atoms with Gasteiger partial charge in [0.1, 0.15) is 0 Å². The standard InChI is InChI=1S/C15H25BrN2/c1-13(2)11-17-9-6-10-18(3)12-14-7-4-5-8-15(14)16/h4-5,7-8,13,17H,6,9-12H2,1-3H3. The zero-order chi connectivity index (χ0) is 13.4. The summed E-state index contributed by atoms with van der Waals surface area (Å²) in [5.74, 6) is 0.739. The molecule has 3 heteroatoms. The van der Waals surface area contributed by atoms with E-state index in [9.17, 15) is 0 Å². The van der Waals surface area contributed by atoms with Crippen LogP contribution in [0.25, 0.3) is 0 Å². The fraction of sp³-hybridized carbons (Fsp3) is 0.600. The molecule has 18 heavy (non-hydrogen) atoms. The monoisotopic (exact) mass is 312 g/mol. The van der Waals surface area contributed by atoms with Crippen molar-refractivity contribution in [3.8, 4) is 0 Å². The van der Waals surface area contributed by atoms with Gasteiger partial charge in [0.15, 0.2) is 0 Å². The van der Waals surface area contributed by atoms with Crippen LogP contribution in [0.1, 0.15) is 25.8 Å². The largest absolute Gasteiger partial charge is 0.316 e. The molecule has 0 aliphatic rings. The molecule has 1 N–H and O–H groups in total. The van der Waals surface area contributed by atoms with Crippen molar-refractivity contribution in [1.82, 2.24) is 10.2 Å². The van der Waals surface area contributed by atoms with E-state index in [0.717, 1.165) is 32.1 Å². The second kappa shape index (κ2) is 8.68. The van der Waals surface area contributed by atoms with Crippen LogP contribution in [0.15, 0.2) is 28.7 Å². The number of nitrogens with one attached hydrogen (secondary N) is 1. The third-order valence-electron chi connectivity index (χ3n) is 2.84. The molecule has 0 spiro atoms. The average molecular weight is 313 g/mol. The summed E-state index contributed by atoms with van der Waals surface area (Å²) in [6, 6.07) is 8.44. The number of hydrogen-bond donors (Lipinski definition) is 1. The number of rotatable bonds is 8. The summed E-state index contributed by atoms with van der Waals surface area (Å²) in [6.07, 6.45) is 1.20. The molecular formula is C15H25BrN2. The molecule has 0 heterocycles. The van der Waals surface area contributed by atoms with Crippen molar-refractivity contribution in [3.05, 3.63) is 34.3 Å². The van der Waals surface area contributed by atoms with Crippen molar-refractivity contribution < 1.29 is 0 Å². The summed E-state index contributed by atoms with van der Waals surface area (Å²) >= 11 is 3.59. The lowest BCUT2D eigenvalue weighted by Crippen LogP contribution is -2.26. The van der Waals surface area contributed by atoms with E-state index >= 15 is 0 Å². The van der Waals surface area contributed by atoms with Crippen LogP contribution >= 0.6 is 15.9 Å². The number of benzene rings is 1. The minimum Gasteiger partial charge on any atom is -0.316 e. The Hall–Kier alpha value is -0.380. The van der Waals surface area contributed by atoms with Crippen molar-refractivity contribution >= 4 is 15.9 Å². The third kappa shape index (κ3) is 6.53. The molecule has 0 aliphatic carbocycles. The fourth-order valence-electron chi connectivity index (χ4n) is 1.86. The second-order valence-corrected chi connectivity index (χ2v) is 6.14. The molecule has 0 atom stereocenters. The Kier molecular flexibility index (Phi) is 7.56. The molecule has 0 aromatic heterocycles. The molecular weight excluding hydrogens is 288 g/mol. The van der Waals surface area contributed by atoms with Gasteiger partial charge in [0.25, 0.3) is 0 Å². The molecule has 0 unspecified atom stereocenters. The van der Waals surface area contributed by atoms with E-state index in [-0.39, 0.29) is 0 Å². The van der Waals surface area contributed by atoms with Gasteiger partial charge in [-0.1, -0.05) is 48.0 Å². The molecule has 1 aromatic carbocycles. The van der Waals surface area contributed by atoms with Crippen LogP contribution in [0.2, 0.25) is 0 Å². The predicted molar refractivity (Wildman–Crippen MR) is 82.8 cm³/mol. The molecule has 0 radical (unpaired) electrons. The van der Waals surface area contributed by atoms with E-state index in [1.165, 1.54) is 16.5 Å². The highest BCUT2D eigenvalue weighted by molar-refractivity contribution is 9.10. The maximum atomic E-state index is 3.59. The van der Waals surface area contributed by atoms with E-state index in [0.29, 0.717) is 0 Å². The van der Waals surface area contributed by atoms with Crippen molar-refractivity contribution in [3.63, 3.8) is 0 Å². The molecule has 0 fully saturated rings. The van der Waals surface area contributed by atoms with E-state index in [4.69, 9.17) is 0 Å². The molecule has 102 valence electrons. The van der Waals surface area contributed by atoms with Gasteiger partial charge in [0.2, 0.25) is 0 Å². The normalized spacial score (nSPS) is 11.4. The lowest BCUT2D eigenvalue weighted by molar-refractivity contribution is 0.318. The first-order valence-electron chi connectivity index (χ1n) is 6.72. The van der Waals surface area contributed by atoms with Crippen molar-refractivity contribution in [2.24, 2.45) is 5.92 Å². The Morgan fingerprint density at radius 3 is 2.67 bits per heavy atom. The van der Waals surface area contributed by atoms with E-state index < -0.39 is 0 Å². The van der Waals surface area contributed by atoms with Gasteiger partial charge in [-0.2, -0.15) is 0 Å². The Morgan fingerprint density at radius 1 is 1.28 bits per heavy atom. The van der Waals surface area contributed by atoms with Crippen LogP contribution in [-0.4, -0.2) is 31.6 Å². The SMILES string of the molecule is CC(C)CNCCCN(C)Cc1ccccc1Br. The fourth-order valence-corrected chi connectivity index (χ4v) is 2.27. The summed E-state index contributed by atoms with van der Waals surface area (Å²) < 4.78 is 1.20. The van der Waals surface area contributed by atoms with Gasteiger partial charge in [-0.05, 0) is 50.7 Å². The first-order valence-corrected chi connectivity index (χ1v) is 7.51. The quantitative estimate of drug-likeness (QED) is 0.739. The van der Waals surface area contributed by atoms with Gasteiger partial charge in [0.05, 0.1) is 0 Å². The van der Waals surface area contributed by atoms with Gasteiger partial charge < -0.3 is 10.2 Å². The van der Waals surface area contributed by atoms with E-state index in [2.05, 4.69) is 71.3 Å². The van der Waals surface area contributed by atoms with Gasteiger partial charge in [0, 0.05) is 11.0 Å². The second-order valence-electron chi connectivity index (χ2n) is 5.28. The van der Waals surface area contributed by atoms with Gasteiger partial charge >= 0.3 is 0 Å². The summed E-state index contributed by atoms with van der Waals surface area (Å²) in [6.45, 7) is 8.85. The van der Waals surface area contributed by atoms with Crippen molar-refractivity contribution in [1.29, 1.82) is 0 Å². The molecule has 2 nitrogen and oxygen atoms in total. The predicted octanol–water partition coefficient (Wildman–Crippen LogP) is 3.52. The van der Waals surface area contributed by atoms with Crippen molar-refractivity contribution in [2.75, 3.05) is 26.7 Å². The van der Waals surface area contributed by atoms with Gasteiger partial charge in [-0.25, -0.2) is 0 Å². The van der Waals surface area contributed by atoms with Crippen LogP contribution in [0.3, 0.4) is 0 Å². The van der Waals surface area contributed by atoms with Gasteiger partial charge in [-0.3, -0.25) is 0 Å². The Morgan fingerprint density at radius 2 is 2.00 bits per heavy atom. The zero-order valence-corrected chi connectivity index (χ0v) is 13.3. The number of halogens is 1. The van der Waals surface area contributed by atoms with Gasteiger partial charge in [-0.15, -0.1) is 0 Å². The molecule has 0 amide bonds. The highest BCUT2D eigenvalue weighted by Gasteiger charge is 2.03. The minimum atomic E-state index is 0.739. The summed E-state index contributed by atoms with van der Waals surface area (Å²) in [7, 11) is 2.18. The first kappa shape index (κ1) is 15.7. The van der Waals surface area contributed by atoms with Crippen LogP contribution in [0.5, 0.6) is 0 Å². The number of hydrogen-bond acceptors (Lipinski definition) is 2. The Balaban J connectivity index is 2.18. The molecule has 1 rings (SSSR count). The lowest BCUT2D eigenvalue weighted by atomic mass is 10.2. The van der Waals surface area contributed by atoms with Crippen LogP contribution in [-0.2, 0) is 6.54 Å². The Labute approximate surface area is 120 Å². The first-order chi connectivity index (χ1) is 8.59. The molecule has 0 saturated heterocycles. The summed E-state index contributed by atoms with van der Waals surface area (Å²) in [4.78, 5) is 2.37. The van der Waals surface area contributed by atoms with E-state index in [1.807, 2.05) is 0 Å². The molecule has 1 aromatic rings. The lowest BCUT2D eigenvalue weighted by Gasteiger charge is -2.17. The highest BCUT2D eigenvalue weighted by Crippen LogP contribution is 2.17. The Bertz CT molecular complexity index is 339. The highest BCUT2D eigenvalue weighted by atomic mass is 79.9. The minimum absolute atomic E-state index is 0.739. The molecule has 0 aliphatic heterocycles. The topological polar surface area (TPSA) is 15.3 Å². The maximum Gasteiger partial charge on any atom is 0.0241 e. The maximum absolute atomic E-state index is 3.59. The third-order valence-corrected chi connectivity index (χ3v) is 3.62. The summed E-state index contributed by atoms with van der Waals surface area (Å²) in [5, 5.41) is 3.48. The van der Waals surface area contributed by atoms with Crippen LogP contribution in [0, 0.1) is 5.92 Å². The molecule has 0 bridgehead atoms. The zero-order valence-electron chi connectivity index (χ0n) is 11.7. The van der Waals surface area contributed by atoms with Crippen LogP contribution in [0.4, 0.5) is 0 Å². The van der Waals surface area contributed by atoms with Crippen LogP contribution < -0.4 is 5.32 Å². The summed E-state index contributed by atoms with van der Waals surface area (Å²) in [5.41, 5.74) is 1.36. The van der Waals surface area contributed by atoms with Crippen molar-refractivity contribution in [2.45, 2.75) is 26.8 Å². The van der Waals surface area contributed by atoms with E-state index in [1.54, 1.807) is 0 Å². The average Bonchev–Trinajstić information content (AvgIpc) is 2.31. The number of nitrogens with zero attached hydrogens (tertiary/aromatic N) is 1.